The van der Waals surface area contributed by atoms with Crippen molar-refractivity contribution in [1.29, 1.82) is 0 Å². The van der Waals surface area contributed by atoms with Crippen LogP contribution in [-0.2, 0) is 0 Å². The zero-order valence-corrected chi connectivity index (χ0v) is 10.8. The highest BCUT2D eigenvalue weighted by atomic mass is 32.1. The number of thiophene rings is 1. The predicted octanol–water partition coefficient (Wildman–Crippen LogP) is 3.88. The molecular weight excluding hydrogens is 220 g/mol. The van der Waals surface area contributed by atoms with Gasteiger partial charge in [-0.25, -0.2) is 4.98 Å². The zero-order chi connectivity index (χ0) is 11.7. The molecule has 0 bridgehead atoms. The van der Waals surface area contributed by atoms with Gasteiger partial charge in [-0.05, 0) is 24.5 Å². The van der Waals surface area contributed by atoms with Gasteiger partial charge in [0.2, 0.25) is 0 Å². The lowest BCUT2D eigenvalue weighted by atomic mass is 10.0. The molecule has 86 valence electrons. The molecule has 0 aliphatic rings. The zero-order valence-electron chi connectivity index (χ0n) is 10.00. The Labute approximate surface area is 99.5 Å². The standard InChI is InChI=1S/C12H16N2OS/c1-7(2)9-5-11(16-8(9)3)10-6-14-12(13-4)15-10/h5-7H,1-4H3,(H,13,14). The molecule has 0 saturated heterocycles. The van der Waals surface area contributed by atoms with Crippen molar-refractivity contribution in [3.8, 4) is 10.6 Å². The van der Waals surface area contributed by atoms with Gasteiger partial charge in [-0.15, -0.1) is 11.3 Å². The molecular formula is C12H16N2OS. The fourth-order valence-electron chi connectivity index (χ4n) is 1.69. The Morgan fingerprint density at radius 3 is 2.69 bits per heavy atom. The van der Waals surface area contributed by atoms with E-state index in [1.807, 2.05) is 0 Å². The average Bonchev–Trinajstić information content (AvgIpc) is 2.83. The Kier molecular flexibility index (Phi) is 3.01. The van der Waals surface area contributed by atoms with Crippen molar-refractivity contribution in [3.05, 3.63) is 22.7 Å². The fraction of sp³-hybridized carbons (Fsp3) is 0.417. The molecule has 2 rings (SSSR count). The van der Waals surface area contributed by atoms with Gasteiger partial charge in [0.25, 0.3) is 6.01 Å². The molecule has 2 aromatic rings. The molecule has 0 aliphatic heterocycles. The Balaban J connectivity index is 2.37. The number of hydrogen-bond acceptors (Lipinski definition) is 4. The number of rotatable bonds is 3. The summed E-state index contributed by atoms with van der Waals surface area (Å²) in [7, 11) is 1.80. The average molecular weight is 236 g/mol. The molecule has 2 aromatic heterocycles. The maximum absolute atomic E-state index is 5.56. The molecule has 0 saturated carbocycles. The SMILES string of the molecule is CNc1ncc(-c2cc(C(C)C)c(C)s2)o1. The minimum Gasteiger partial charge on any atom is -0.423 e. The normalized spacial score (nSPS) is 11.1. The Morgan fingerprint density at radius 1 is 1.44 bits per heavy atom. The number of nitrogens with one attached hydrogen (secondary N) is 1. The topological polar surface area (TPSA) is 38.1 Å². The summed E-state index contributed by atoms with van der Waals surface area (Å²) in [6.07, 6.45) is 1.77. The lowest BCUT2D eigenvalue weighted by Gasteiger charge is -2.01. The molecule has 0 atom stereocenters. The van der Waals surface area contributed by atoms with E-state index in [1.54, 1.807) is 24.6 Å². The molecule has 4 heteroatoms. The second kappa shape index (κ2) is 4.29. The van der Waals surface area contributed by atoms with Crippen LogP contribution in [0.5, 0.6) is 0 Å². The van der Waals surface area contributed by atoms with Gasteiger partial charge in [0.05, 0.1) is 11.1 Å². The first-order valence-corrected chi connectivity index (χ1v) is 6.17. The highest BCUT2D eigenvalue weighted by Crippen LogP contribution is 2.35. The molecule has 0 aliphatic carbocycles. The van der Waals surface area contributed by atoms with Crippen molar-refractivity contribution in [2.75, 3.05) is 12.4 Å². The number of anilines is 1. The second-order valence-corrected chi connectivity index (χ2v) is 5.31. The maximum atomic E-state index is 5.56. The van der Waals surface area contributed by atoms with Crippen molar-refractivity contribution in [2.45, 2.75) is 26.7 Å². The third kappa shape index (κ3) is 1.97. The highest BCUT2D eigenvalue weighted by Gasteiger charge is 2.13. The van der Waals surface area contributed by atoms with Crippen LogP contribution in [0, 0.1) is 6.92 Å². The van der Waals surface area contributed by atoms with E-state index in [1.165, 1.54) is 10.4 Å². The summed E-state index contributed by atoms with van der Waals surface area (Å²) in [5.41, 5.74) is 1.39. The molecule has 0 aromatic carbocycles. The lowest BCUT2D eigenvalue weighted by Crippen LogP contribution is -1.85. The Bertz CT molecular complexity index is 485. The van der Waals surface area contributed by atoms with E-state index in [-0.39, 0.29) is 0 Å². The first-order chi connectivity index (χ1) is 7.61. The van der Waals surface area contributed by atoms with Crippen molar-refractivity contribution < 1.29 is 4.42 Å². The minimum absolute atomic E-state index is 0.552. The smallest absolute Gasteiger partial charge is 0.294 e. The van der Waals surface area contributed by atoms with E-state index in [9.17, 15) is 0 Å². The van der Waals surface area contributed by atoms with Crippen molar-refractivity contribution in [3.63, 3.8) is 0 Å². The number of nitrogens with zero attached hydrogens (tertiary/aromatic N) is 1. The summed E-state index contributed by atoms with van der Waals surface area (Å²) in [6.45, 7) is 6.56. The van der Waals surface area contributed by atoms with E-state index in [0.29, 0.717) is 11.9 Å². The van der Waals surface area contributed by atoms with Crippen LogP contribution >= 0.6 is 11.3 Å². The van der Waals surface area contributed by atoms with Gasteiger partial charge in [-0.3, -0.25) is 0 Å². The van der Waals surface area contributed by atoms with Gasteiger partial charge in [-0.2, -0.15) is 0 Å². The van der Waals surface area contributed by atoms with E-state index < -0.39 is 0 Å². The van der Waals surface area contributed by atoms with Gasteiger partial charge >= 0.3 is 0 Å². The minimum atomic E-state index is 0.552. The van der Waals surface area contributed by atoms with Gasteiger partial charge in [0.15, 0.2) is 5.76 Å². The van der Waals surface area contributed by atoms with Crippen LogP contribution in [0.15, 0.2) is 16.7 Å². The molecule has 0 amide bonds. The van der Waals surface area contributed by atoms with Gasteiger partial charge in [0, 0.05) is 11.9 Å². The third-order valence-electron chi connectivity index (χ3n) is 2.54. The summed E-state index contributed by atoms with van der Waals surface area (Å²) in [5.74, 6) is 1.39. The predicted molar refractivity (Wildman–Crippen MR) is 68.2 cm³/mol. The first kappa shape index (κ1) is 11.2. The second-order valence-electron chi connectivity index (χ2n) is 4.06. The number of oxazole rings is 1. The van der Waals surface area contributed by atoms with Crippen LogP contribution in [-0.4, -0.2) is 12.0 Å². The molecule has 0 fully saturated rings. The lowest BCUT2D eigenvalue weighted by molar-refractivity contribution is 0.591. The number of aromatic nitrogens is 1. The largest absolute Gasteiger partial charge is 0.423 e. The molecule has 16 heavy (non-hydrogen) atoms. The van der Waals surface area contributed by atoms with Crippen LogP contribution in [0.3, 0.4) is 0 Å². The van der Waals surface area contributed by atoms with Gasteiger partial charge in [0.1, 0.15) is 0 Å². The summed E-state index contributed by atoms with van der Waals surface area (Å²) in [4.78, 5) is 6.63. The van der Waals surface area contributed by atoms with E-state index in [2.05, 4.69) is 37.1 Å². The molecule has 0 spiro atoms. The van der Waals surface area contributed by atoms with Crippen LogP contribution in [0.1, 0.15) is 30.2 Å². The van der Waals surface area contributed by atoms with Crippen LogP contribution in [0.25, 0.3) is 10.6 Å². The Morgan fingerprint density at radius 2 is 2.19 bits per heavy atom. The fourth-order valence-corrected chi connectivity index (χ4v) is 2.82. The van der Waals surface area contributed by atoms with Crippen molar-refractivity contribution >= 4 is 17.4 Å². The summed E-state index contributed by atoms with van der Waals surface area (Å²) >= 11 is 1.76. The number of hydrogen-bond donors (Lipinski definition) is 1. The molecule has 3 nitrogen and oxygen atoms in total. The van der Waals surface area contributed by atoms with Crippen molar-refractivity contribution in [2.24, 2.45) is 0 Å². The highest BCUT2D eigenvalue weighted by molar-refractivity contribution is 7.15. The maximum Gasteiger partial charge on any atom is 0.294 e. The Hall–Kier alpha value is -1.29. The first-order valence-electron chi connectivity index (χ1n) is 5.36. The molecule has 0 radical (unpaired) electrons. The van der Waals surface area contributed by atoms with Gasteiger partial charge < -0.3 is 9.73 Å². The third-order valence-corrected chi connectivity index (χ3v) is 3.62. The van der Waals surface area contributed by atoms with Crippen LogP contribution in [0.2, 0.25) is 0 Å². The molecule has 0 unspecified atom stereocenters. The van der Waals surface area contributed by atoms with Crippen molar-refractivity contribution in [1.82, 2.24) is 4.98 Å². The van der Waals surface area contributed by atoms with Gasteiger partial charge in [-0.1, -0.05) is 13.8 Å². The van der Waals surface area contributed by atoms with E-state index in [0.717, 1.165) is 10.6 Å². The summed E-state index contributed by atoms with van der Waals surface area (Å²) in [5, 5.41) is 2.89. The molecule has 1 N–H and O–H groups in total. The van der Waals surface area contributed by atoms with Crippen LogP contribution < -0.4 is 5.32 Å². The monoisotopic (exact) mass is 236 g/mol. The summed E-state index contributed by atoms with van der Waals surface area (Å²) < 4.78 is 5.56. The number of aryl methyl sites for hydroxylation is 1. The van der Waals surface area contributed by atoms with E-state index in [4.69, 9.17) is 4.42 Å². The summed E-state index contributed by atoms with van der Waals surface area (Å²) in [6, 6.07) is 2.76. The van der Waals surface area contributed by atoms with E-state index >= 15 is 0 Å². The quantitative estimate of drug-likeness (QED) is 0.879. The van der Waals surface area contributed by atoms with Crippen LogP contribution in [0.4, 0.5) is 6.01 Å². The molecule has 2 heterocycles.